The van der Waals surface area contributed by atoms with E-state index in [1.54, 1.807) is 11.3 Å². The summed E-state index contributed by atoms with van der Waals surface area (Å²) in [6.07, 6.45) is 5.28. The Labute approximate surface area is 299 Å². The maximum atomic E-state index is 6.77. The number of thiophene rings is 1. The van der Waals surface area contributed by atoms with Crippen LogP contribution in [0.1, 0.15) is 30.6 Å². The molecular formula is C46H31N3OS. The molecule has 10 rings (SSSR count). The van der Waals surface area contributed by atoms with Crippen LogP contribution in [0.25, 0.3) is 93.6 Å². The number of aromatic nitrogens is 3. The number of benzene rings is 6. The molecule has 0 fully saturated rings. The zero-order chi connectivity index (χ0) is 33.9. The summed E-state index contributed by atoms with van der Waals surface area (Å²) in [6.45, 7) is 2.27. The van der Waals surface area contributed by atoms with Gasteiger partial charge < -0.3 is 4.42 Å². The third-order valence-corrected chi connectivity index (χ3v) is 11.1. The molecule has 1 aliphatic rings. The number of nitrogens with zero attached hydrogens (tertiary/aromatic N) is 3. The van der Waals surface area contributed by atoms with Gasteiger partial charge in [0.2, 0.25) is 0 Å². The Bertz CT molecular complexity index is 2780. The van der Waals surface area contributed by atoms with Gasteiger partial charge in [-0.2, -0.15) is 0 Å². The van der Waals surface area contributed by atoms with E-state index in [1.165, 1.54) is 36.9 Å². The summed E-state index contributed by atoms with van der Waals surface area (Å²) in [4.78, 5) is 15.5. The minimum Gasteiger partial charge on any atom is -0.456 e. The highest BCUT2D eigenvalue weighted by Gasteiger charge is 2.27. The number of furan rings is 1. The van der Waals surface area contributed by atoms with E-state index in [0.717, 1.165) is 51.0 Å². The lowest BCUT2D eigenvalue weighted by atomic mass is 9.87. The predicted octanol–water partition coefficient (Wildman–Crippen LogP) is 12.8. The summed E-state index contributed by atoms with van der Waals surface area (Å²) in [7, 11) is 0. The molecule has 0 bridgehead atoms. The van der Waals surface area contributed by atoms with Crippen LogP contribution in [0.3, 0.4) is 0 Å². The Morgan fingerprint density at radius 2 is 1.16 bits per heavy atom. The van der Waals surface area contributed by atoms with Crippen molar-refractivity contribution in [3.05, 3.63) is 157 Å². The molecule has 1 unspecified atom stereocenters. The van der Waals surface area contributed by atoms with Gasteiger partial charge in [0.25, 0.3) is 0 Å². The summed E-state index contributed by atoms with van der Waals surface area (Å²) in [6, 6.07) is 48.9. The molecule has 6 aromatic carbocycles. The molecule has 4 nitrogen and oxygen atoms in total. The zero-order valence-electron chi connectivity index (χ0n) is 27.9. The average Bonchev–Trinajstić information content (AvgIpc) is 3.78. The van der Waals surface area contributed by atoms with E-state index in [1.807, 2.05) is 24.3 Å². The highest BCUT2D eigenvalue weighted by Crippen LogP contribution is 2.46. The Hall–Kier alpha value is -6.17. The molecule has 51 heavy (non-hydrogen) atoms. The van der Waals surface area contributed by atoms with Crippen LogP contribution in [0, 0.1) is 0 Å². The monoisotopic (exact) mass is 673 g/mol. The lowest BCUT2D eigenvalue weighted by Crippen LogP contribution is -2.02. The normalized spacial score (nSPS) is 14.0. The molecule has 3 aromatic heterocycles. The largest absolute Gasteiger partial charge is 0.456 e. The second-order valence-electron chi connectivity index (χ2n) is 13.2. The highest BCUT2D eigenvalue weighted by molar-refractivity contribution is 7.25. The lowest BCUT2D eigenvalue weighted by molar-refractivity contribution is 0.587. The van der Waals surface area contributed by atoms with Gasteiger partial charge in [-0.1, -0.05) is 128 Å². The van der Waals surface area contributed by atoms with Gasteiger partial charge in [0.15, 0.2) is 17.5 Å². The summed E-state index contributed by atoms with van der Waals surface area (Å²) in [5.74, 6) is 3.12. The van der Waals surface area contributed by atoms with Crippen molar-refractivity contribution in [2.75, 3.05) is 0 Å². The first-order chi connectivity index (χ1) is 25.2. The van der Waals surface area contributed by atoms with Gasteiger partial charge in [0.1, 0.15) is 11.3 Å². The molecule has 5 heteroatoms. The van der Waals surface area contributed by atoms with Crippen LogP contribution >= 0.6 is 11.3 Å². The molecule has 242 valence electrons. The van der Waals surface area contributed by atoms with Crippen molar-refractivity contribution in [2.24, 2.45) is 0 Å². The van der Waals surface area contributed by atoms with Crippen LogP contribution in [0.5, 0.6) is 0 Å². The molecular weight excluding hydrogens is 643 g/mol. The standard InChI is InChI=1S/C46H31N3OS/c1-28-11-10-17-38-41(28)42-37(26-25-34(43(42)50-38)31-21-19-30(20-22-31)29-12-4-2-5-13-29)46-48-44(32-14-6-3-7-15-32)47-45(49-46)33-23-24-36-35-16-8-9-18-39(35)51-40(36)27-33/h2-10,12-28H,11H2,1H3. The van der Waals surface area contributed by atoms with Gasteiger partial charge in [-0.3, -0.25) is 0 Å². The van der Waals surface area contributed by atoms with Crippen molar-refractivity contribution in [3.8, 4) is 56.4 Å². The first-order valence-electron chi connectivity index (χ1n) is 17.3. The molecule has 0 spiro atoms. The van der Waals surface area contributed by atoms with E-state index in [9.17, 15) is 0 Å². The SMILES string of the molecule is CC1CC=Cc2oc3c(-c4ccc(-c5ccccc5)cc4)ccc(-c4nc(-c5ccccc5)nc(-c5ccc6c(c5)sc5ccccc56)n4)c3c21. The minimum absolute atomic E-state index is 0.283. The van der Waals surface area contributed by atoms with E-state index < -0.39 is 0 Å². The fourth-order valence-electron chi connectivity index (χ4n) is 7.45. The van der Waals surface area contributed by atoms with Crippen LogP contribution < -0.4 is 0 Å². The van der Waals surface area contributed by atoms with Gasteiger partial charge in [0.05, 0.1) is 0 Å². The quantitative estimate of drug-likeness (QED) is 0.182. The molecule has 9 aromatic rings. The smallest absolute Gasteiger partial charge is 0.164 e. The average molecular weight is 674 g/mol. The fraction of sp³-hybridized carbons (Fsp3) is 0.0652. The Kier molecular flexibility index (Phi) is 7.00. The van der Waals surface area contributed by atoms with E-state index in [-0.39, 0.29) is 5.92 Å². The van der Waals surface area contributed by atoms with Crippen LogP contribution in [-0.4, -0.2) is 15.0 Å². The topological polar surface area (TPSA) is 51.8 Å². The first kappa shape index (κ1) is 29.7. The van der Waals surface area contributed by atoms with Crippen LogP contribution in [0.4, 0.5) is 0 Å². The number of allylic oxidation sites excluding steroid dienone is 1. The van der Waals surface area contributed by atoms with Crippen molar-refractivity contribution in [1.82, 2.24) is 15.0 Å². The molecule has 3 heterocycles. The molecule has 0 aliphatic heterocycles. The maximum absolute atomic E-state index is 6.77. The Balaban J connectivity index is 1.18. The Morgan fingerprint density at radius 3 is 1.96 bits per heavy atom. The second-order valence-corrected chi connectivity index (χ2v) is 14.3. The zero-order valence-corrected chi connectivity index (χ0v) is 28.7. The maximum Gasteiger partial charge on any atom is 0.164 e. The van der Waals surface area contributed by atoms with Gasteiger partial charge in [-0.05, 0) is 59.4 Å². The number of hydrogen-bond acceptors (Lipinski definition) is 5. The predicted molar refractivity (Wildman–Crippen MR) is 212 cm³/mol. The van der Waals surface area contributed by atoms with Gasteiger partial charge in [-0.25, -0.2) is 15.0 Å². The van der Waals surface area contributed by atoms with Crippen molar-refractivity contribution in [2.45, 2.75) is 19.3 Å². The molecule has 1 aliphatic carbocycles. The number of hydrogen-bond donors (Lipinski definition) is 0. The number of rotatable bonds is 5. The van der Waals surface area contributed by atoms with Crippen molar-refractivity contribution in [3.63, 3.8) is 0 Å². The summed E-state index contributed by atoms with van der Waals surface area (Å²) in [5.41, 5.74) is 9.46. The van der Waals surface area contributed by atoms with Crippen molar-refractivity contribution < 1.29 is 4.42 Å². The van der Waals surface area contributed by atoms with E-state index in [2.05, 4.69) is 134 Å². The van der Waals surface area contributed by atoms with Crippen molar-refractivity contribution >= 4 is 48.6 Å². The van der Waals surface area contributed by atoms with Crippen LogP contribution in [0.15, 0.2) is 150 Å². The molecule has 0 amide bonds. The van der Waals surface area contributed by atoms with Gasteiger partial charge >= 0.3 is 0 Å². The molecule has 0 saturated heterocycles. The third kappa shape index (κ3) is 5.08. The van der Waals surface area contributed by atoms with E-state index in [4.69, 9.17) is 19.4 Å². The summed E-state index contributed by atoms with van der Waals surface area (Å²) < 4.78 is 9.26. The molecule has 0 saturated carbocycles. The molecule has 1 atom stereocenters. The fourth-order valence-corrected chi connectivity index (χ4v) is 8.59. The van der Waals surface area contributed by atoms with Gasteiger partial charge in [-0.15, -0.1) is 11.3 Å². The van der Waals surface area contributed by atoms with E-state index >= 15 is 0 Å². The molecule has 0 radical (unpaired) electrons. The lowest BCUT2D eigenvalue weighted by Gasteiger charge is -2.15. The number of fused-ring (bicyclic) bond motifs is 6. The van der Waals surface area contributed by atoms with Crippen LogP contribution in [-0.2, 0) is 0 Å². The molecule has 0 N–H and O–H groups in total. The third-order valence-electron chi connectivity index (χ3n) is 10.0. The van der Waals surface area contributed by atoms with E-state index in [0.29, 0.717) is 17.5 Å². The van der Waals surface area contributed by atoms with Crippen molar-refractivity contribution in [1.29, 1.82) is 0 Å². The Morgan fingerprint density at radius 1 is 0.549 bits per heavy atom. The summed E-state index contributed by atoms with van der Waals surface area (Å²) in [5, 5.41) is 3.59. The minimum atomic E-state index is 0.283. The van der Waals surface area contributed by atoms with Gasteiger partial charge in [0, 0.05) is 53.4 Å². The highest BCUT2D eigenvalue weighted by atomic mass is 32.1. The van der Waals surface area contributed by atoms with Crippen LogP contribution in [0.2, 0.25) is 0 Å². The second kappa shape index (κ2) is 12.0. The summed E-state index contributed by atoms with van der Waals surface area (Å²) >= 11 is 1.80. The first-order valence-corrected chi connectivity index (χ1v) is 18.1.